The topological polar surface area (TPSA) is 47.6 Å². The third-order valence-corrected chi connectivity index (χ3v) is 8.77. The van der Waals surface area contributed by atoms with E-state index in [1.54, 1.807) is 0 Å². The Morgan fingerprint density at radius 1 is 0.718 bits per heavy atom. The highest BCUT2D eigenvalue weighted by atomic mass is 16.2. The fourth-order valence-electron chi connectivity index (χ4n) is 6.51. The van der Waals surface area contributed by atoms with Gasteiger partial charge in [-0.1, -0.05) is 67.6 Å². The first-order chi connectivity index (χ1) is 19.1. The Kier molecular flexibility index (Phi) is 7.25. The van der Waals surface area contributed by atoms with E-state index < -0.39 is 0 Å². The highest BCUT2D eigenvalue weighted by Gasteiger charge is 2.42. The molecule has 5 nitrogen and oxygen atoms in total. The van der Waals surface area contributed by atoms with Crippen LogP contribution in [0.25, 0.3) is 10.8 Å². The lowest BCUT2D eigenvalue weighted by atomic mass is 9.71. The maximum atomic E-state index is 13.0. The Bertz CT molecular complexity index is 1420. The van der Waals surface area contributed by atoms with E-state index in [0.29, 0.717) is 0 Å². The number of nitrogens with one attached hydrogen (secondary N) is 2. The van der Waals surface area contributed by atoms with E-state index in [4.69, 9.17) is 0 Å². The van der Waals surface area contributed by atoms with Crippen molar-refractivity contribution in [2.45, 2.75) is 38.1 Å². The van der Waals surface area contributed by atoms with Crippen molar-refractivity contribution in [2.24, 2.45) is 5.92 Å². The number of benzene rings is 4. The van der Waals surface area contributed by atoms with Gasteiger partial charge in [0.1, 0.15) is 0 Å². The second-order valence-electron chi connectivity index (χ2n) is 11.2. The molecule has 0 spiro atoms. The molecule has 4 aromatic carbocycles. The second-order valence-corrected chi connectivity index (χ2v) is 11.2. The average Bonchev–Trinajstić information content (AvgIpc) is 2.98. The Balaban J connectivity index is 1.18. The summed E-state index contributed by atoms with van der Waals surface area (Å²) in [7, 11) is 0. The van der Waals surface area contributed by atoms with Gasteiger partial charge in [0, 0.05) is 48.8 Å². The van der Waals surface area contributed by atoms with Gasteiger partial charge in [-0.2, -0.15) is 0 Å². The third kappa shape index (κ3) is 5.50. The number of amides is 2. The molecule has 200 valence electrons. The molecule has 4 aromatic rings. The number of para-hydroxylation sites is 1. The monoisotopic (exact) mass is 518 g/mol. The van der Waals surface area contributed by atoms with Gasteiger partial charge in [-0.3, -0.25) is 4.90 Å². The number of carbonyl (C=O) groups is 1. The zero-order chi connectivity index (χ0) is 26.7. The van der Waals surface area contributed by atoms with E-state index in [-0.39, 0.29) is 11.6 Å². The van der Waals surface area contributed by atoms with Crippen LogP contribution >= 0.6 is 0 Å². The molecular formula is C34H38N4O. The van der Waals surface area contributed by atoms with Crippen LogP contribution in [0.3, 0.4) is 0 Å². The summed E-state index contributed by atoms with van der Waals surface area (Å²) in [6.45, 7) is 6.54. The Labute approximate surface area is 231 Å². The van der Waals surface area contributed by atoms with Crippen LogP contribution in [0.15, 0.2) is 97.1 Å². The molecule has 0 radical (unpaired) electrons. The highest BCUT2D eigenvalue weighted by Crippen LogP contribution is 2.45. The first kappa shape index (κ1) is 25.4. The van der Waals surface area contributed by atoms with E-state index in [0.717, 1.165) is 67.1 Å². The van der Waals surface area contributed by atoms with Crippen LogP contribution < -0.4 is 15.5 Å². The first-order valence-electron chi connectivity index (χ1n) is 14.3. The van der Waals surface area contributed by atoms with Gasteiger partial charge in [0.2, 0.25) is 0 Å². The van der Waals surface area contributed by atoms with Gasteiger partial charge in [-0.05, 0) is 84.3 Å². The standard InChI is InChI=1S/C34H38N4O/c1-26-16-18-34(19-17-26,38-22-20-37(21-23-38)32-12-3-2-4-13-32)29-10-7-11-30(25-29)35-33(39)36-31-15-14-27-8-5-6-9-28(27)24-31/h2-15,24-26H,16-23H2,1H3,(H2,35,36,39). The zero-order valence-electron chi connectivity index (χ0n) is 22.8. The number of anilines is 3. The third-order valence-electron chi connectivity index (χ3n) is 8.77. The van der Waals surface area contributed by atoms with Gasteiger partial charge in [0.05, 0.1) is 0 Å². The number of hydrogen-bond donors (Lipinski definition) is 2. The van der Waals surface area contributed by atoms with Crippen molar-refractivity contribution in [1.29, 1.82) is 0 Å². The molecule has 39 heavy (non-hydrogen) atoms. The average molecular weight is 519 g/mol. The molecule has 2 N–H and O–H groups in total. The van der Waals surface area contributed by atoms with Crippen LogP contribution in [-0.2, 0) is 5.54 Å². The fourth-order valence-corrected chi connectivity index (χ4v) is 6.51. The second kappa shape index (κ2) is 11.1. The van der Waals surface area contributed by atoms with Gasteiger partial charge in [0.25, 0.3) is 0 Å². The molecule has 2 amide bonds. The van der Waals surface area contributed by atoms with Crippen molar-refractivity contribution in [2.75, 3.05) is 41.7 Å². The molecule has 0 unspecified atom stereocenters. The summed E-state index contributed by atoms with van der Waals surface area (Å²) in [5.74, 6) is 0.762. The Hall–Kier alpha value is -3.83. The lowest BCUT2D eigenvalue weighted by molar-refractivity contribution is 0.0299. The van der Waals surface area contributed by atoms with Gasteiger partial charge in [-0.15, -0.1) is 0 Å². The summed E-state index contributed by atoms with van der Waals surface area (Å²) in [6, 6.07) is 33.3. The van der Waals surface area contributed by atoms with Gasteiger partial charge in [-0.25, -0.2) is 4.79 Å². The fraction of sp³-hybridized carbons (Fsp3) is 0.324. The molecule has 1 saturated heterocycles. The van der Waals surface area contributed by atoms with Crippen molar-refractivity contribution >= 4 is 33.9 Å². The van der Waals surface area contributed by atoms with E-state index in [1.165, 1.54) is 24.1 Å². The smallest absolute Gasteiger partial charge is 0.323 e. The summed E-state index contributed by atoms with van der Waals surface area (Å²) in [6.07, 6.45) is 4.79. The summed E-state index contributed by atoms with van der Waals surface area (Å²) in [5.41, 5.74) is 4.28. The van der Waals surface area contributed by atoms with E-state index in [9.17, 15) is 4.79 Å². The molecule has 0 bridgehead atoms. The lowest BCUT2D eigenvalue weighted by Gasteiger charge is -2.51. The normalized spacial score (nSPS) is 22.0. The molecule has 0 atom stereocenters. The number of urea groups is 1. The van der Waals surface area contributed by atoms with E-state index in [2.05, 4.69) is 88.0 Å². The molecular weight excluding hydrogens is 480 g/mol. The van der Waals surface area contributed by atoms with E-state index >= 15 is 0 Å². The Morgan fingerprint density at radius 3 is 2.13 bits per heavy atom. The van der Waals surface area contributed by atoms with Crippen molar-refractivity contribution < 1.29 is 4.79 Å². The van der Waals surface area contributed by atoms with Crippen LogP contribution in [0.4, 0.5) is 21.9 Å². The van der Waals surface area contributed by atoms with Crippen LogP contribution in [0, 0.1) is 5.92 Å². The largest absolute Gasteiger partial charge is 0.369 e. The van der Waals surface area contributed by atoms with Crippen LogP contribution in [-0.4, -0.2) is 37.1 Å². The molecule has 0 aromatic heterocycles. The van der Waals surface area contributed by atoms with Crippen molar-refractivity contribution in [3.63, 3.8) is 0 Å². The molecule has 2 aliphatic rings. The van der Waals surface area contributed by atoms with E-state index in [1.807, 2.05) is 36.4 Å². The summed E-state index contributed by atoms with van der Waals surface area (Å²) < 4.78 is 0. The molecule has 5 heteroatoms. The summed E-state index contributed by atoms with van der Waals surface area (Å²) in [4.78, 5) is 18.2. The van der Waals surface area contributed by atoms with Gasteiger partial charge < -0.3 is 15.5 Å². The number of hydrogen-bond acceptors (Lipinski definition) is 3. The maximum absolute atomic E-state index is 13.0. The molecule has 1 heterocycles. The van der Waals surface area contributed by atoms with Crippen LogP contribution in [0.1, 0.15) is 38.2 Å². The minimum absolute atomic E-state index is 0.0157. The summed E-state index contributed by atoms with van der Waals surface area (Å²) >= 11 is 0. The van der Waals surface area contributed by atoms with Gasteiger partial charge >= 0.3 is 6.03 Å². The Morgan fingerprint density at radius 2 is 1.38 bits per heavy atom. The quantitative estimate of drug-likeness (QED) is 0.284. The van der Waals surface area contributed by atoms with Crippen molar-refractivity contribution in [3.05, 3.63) is 103 Å². The van der Waals surface area contributed by atoms with Crippen LogP contribution in [0.5, 0.6) is 0 Å². The highest BCUT2D eigenvalue weighted by molar-refractivity contribution is 6.01. The predicted octanol–water partition coefficient (Wildman–Crippen LogP) is 7.71. The molecule has 1 aliphatic heterocycles. The minimum atomic E-state index is -0.217. The molecule has 2 fully saturated rings. The maximum Gasteiger partial charge on any atom is 0.323 e. The first-order valence-corrected chi connectivity index (χ1v) is 14.3. The number of nitrogens with zero attached hydrogens (tertiary/aromatic N) is 2. The molecule has 1 aliphatic carbocycles. The summed E-state index contributed by atoms with van der Waals surface area (Å²) in [5, 5.41) is 8.38. The zero-order valence-corrected chi connectivity index (χ0v) is 22.8. The molecule has 6 rings (SSSR count). The number of rotatable bonds is 5. The number of carbonyl (C=O) groups excluding carboxylic acids is 1. The number of fused-ring (bicyclic) bond motifs is 1. The predicted molar refractivity (Wildman–Crippen MR) is 163 cm³/mol. The molecule has 1 saturated carbocycles. The van der Waals surface area contributed by atoms with Crippen LogP contribution in [0.2, 0.25) is 0 Å². The lowest BCUT2D eigenvalue weighted by Crippen LogP contribution is -2.56. The van der Waals surface area contributed by atoms with Gasteiger partial charge in [0.15, 0.2) is 0 Å². The SMILES string of the molecule is CC1CCC(c2cccc(NC(=O)Nc3ccc4ccccc4c3)c2)(N2CCN(c3ccccc3)CC2)CC1. The van der Waals surface area contributed by atoms with Crippen molar-refractivity contribution in [3.8, 4) is 0 Å². The number of piperazine rings is 1. The van der Waals surface area contributed by atoms with Crippen molar-refractivity contribution in [1.82, 2.24) is 4.90 Å². The minimum Gasteiger partial charge on any atom is -0.369 e.